The molecule has 4 nitrogen and oxygen atoms in total. The normalized spacial score (nSPS) is 12.1. The van der Waals surface area contributed by atoms with Crippen LogP contribution < -0.4 is 10.1 Å². The summed E-state index contributed by atoms with van der Waals surface area (Å²) in [5.74, 6) is -0.431. The van der Waals surface area contributed by atoms with E-state index in [0.717, 1.165) is 18.1 Å². The Hall–Kier alpha value is -2.11. The fourth-order valence-electron chi connectivity index (χ4n) is 2.57. The van der Waals surface area contributed by atoms with E-state index in [2.05, 4.69) is 41.4 Å². The highest BCUT2D eigenvalue weighted by molar-refractivity contribution is 6.32. The quantitative estimate of drug-likeness (QED) is 0.758. The van der Waals surface area contributed by atoms with Crippen LogP contribution in [0.5, 0.6) is 5.75 Å². The third-order valence-electron chi connectivity index (χ3n) is 4.14. The number of ether oxygens (including phenoxy) is 1. The zero-order valence-electron chi connectivity index (χ0n) is 15.3. The molecule has 1 unspecified atom stereocenters. The molecule has 2 aromatic rings. The molecule has 0 aromatic heterocycles. The van der Waals surface area contributed by atoms with E-state index in [4.69, 9.17) is 16.3 Å². The molecule has 0 heterocycles. The van der Waals surface area contributed by atoms with Crippen LogP contribution in [0, 0.1) is 5.82 Å². The smallest absolute Gasteiger partial charge is 0.258 e. The summed E-state index contributed by atoms with van der Waals surface area (Å²) in [6, 6.07) is 12.2. The molecule has 0 aliphatic heterocycles. The molecule has 0 radical (unpaired) electrons. The molecule has 0 saturated heterocycles. The number of nitrogens with one attached hydrogen (secondary N) is 1. The van der Waals surface area contributed by atoms with Crippen molar-refractivity contribution in [1.29, 1.82) is 0 Å². The van der Waals surface area contributed by atoms with Gasteiger partial charge >= 0.3 is 0 Å². The molecule has 2 rings (SSSR count). The lowest BCUT2D eigenvalue weighted by Crippen LogP contribution is -2.36. The lowest BCUT2D eigenvalue weighted by molar-refractivity contribution is -0.123. The highest BCUT2D eigenvalue weighted by atomic mass is 35.5. The number of nitrogens with zero attached hydrogens (tertiary/aromatic N) is 1. The zero-order valence-corrected chi connectivity index (χ0v) is 16.0. The van der Waals surface area contributed by atoms with Crippen LogP contribution in [0.4, 0.5) is 4.39 Å². The Morgan fingerprint density at radius 3 is 2.50 bits per heavy atom. The van der Waals surface area contributed by atoms with E-state index in [0.29, 0.717) is 6.54 Å². The molecular weight excluding hydrogens is 355 g/mol. The average molecular weight is 379 g/mol. The van der Waals surface area contributed by atoms with Gasteiger partial charge in [-0.05, 0) is 49.8 Å². The average Bonchev–Trinajstić information content (AvgIpc) is 2.61. The summed E-state index contributed by atoms with van der Waals surface area (Å²) < 4.78 is 18.4. The van der Waals surface area contributed by atoms with Crippen LogP contribution in [-0.4, -0.2) is 38.1 Å². The molecule has 0 bridgehead atoms. The number of likely N-dealkylation sites (N-methyl/N-ethyl adjacent to an activating group) is 1. The summed E-state index contributed by atoms with van der Waals surface area (Å²) in [5.41, 5.74) is 2.41. The van der Waals surface area contributed by atoms with E-state index in [-0.39, 0.29) is 29.3 Å². The number of rotatable bonds is 8. The van der Waals surface area contributed by atoms with Crippen LogP contribution in [0.2, 0.25) is 5.02 Å². The Balaban J connectivity index is 1.90. The lowest BCUT2D eigenvalue weighted by atomic mass is 10.0. The van der Waals surface area contributed by atoms with Gasteiger partial charge in [-0.3, -0.25) is 4.79 Å². The van der Waals surface area contributed by atoms with Crippen LogP contribution in [0.15, 0.2) is 42.5 Å². The van der Waals surface area contributed by atoms with Gasteiger partial charge in [0.2, 0.25) is 0 Å². The molecule has 0 saturated carbocycles. The first-order valence-corrected chi connectivity index (χ1v) is 8.88. The van der Waals surface area contributed by atoms with E-state index in [1.165, 1.54) is 17.7 Å². The van der Waals surface area contributed by atoms with Crippen molar-refractivity contribution in [2.75, 3.05) is 27.2 Å². The molecule has 0 aliphatic carbocycles. The number of hydrogen-bond donors (Lipinski definition) is 1. The maximum Gasteiger partial charge on any atom is 0.258 e. The van der Waals surface area contributed by atoms with Crippen LogP contribution in [-0.2, 0) is 11.2 Å². The number of carbonyl (C=O) groups is 1. The third kappa shape index (κ3) is 5.71. The summed E-state index contributed by atoms with van der Waals surface area (Å²) in [5, 5.41) is 3.01. The Labute approximate surface area is 158 Å². The van der Waals surface area contributed by atoms with E-state index in [1.807, 2.05) is 14.1 Å². The van der Waals surface area contributed by atoms with Gasteiger partial charge < -0.3 is 15.0 Å². The number of hydrogen-bond acceptors (Lipinski definition) is 3. The van der Waals surface area contributed by atoms with Crippen molar-refractivity contribution < 1.29 is 13.9 Å². The molecule has 0 fully saturated rings. The first-order valence-electron chi connectivity index (χ1n) is 8.50. The second-order valence-electron chi connectivity index (χ2n) is 6.24. The van der Waals surface area contributed by atoms with Crippen molar-refractivity contribution in [1.82, 2.24) is 10.2 Å². The van der Waals surface area contributed by atoms with Gasteiger partial charge in [-0.2, -0.15) is 0 Å². The summed E-state index contributed by atoms with van der Waals surface area (Å²) in [6.07, 6.45) is 0.993. The Morgan fingerprint density at radius 1 is 1.23 bits per heavy atom. The maximum absolute atomic E-state index is 13.0. The van der Waals surface area contributed by atoms with Crippen LogP contribution in [0.25, 0.3) is 0 Å². The summed E-state index contributed by atoms with van der Waals surface area (Å²) >= 11 is 5.88. The number of amides is 1. The van der Waals surface area contributed by atoms with Crippen LogP contribution >= 0.6 is 11.6 Å². The SMILES string of the molecule is CCc1ccc(C(CNC(=O)COc2ccc(F)cc2Cl)N(C)C)cc1. The van der Waals surface area contributed by atoms with E-state index in [9.17, 15) is 9.18 Å². The van der Waals surface area contributed by atoms with Gasteiger partial charge in [0.25, 0.3) is 5.91 Å². The maximum atomic E-state index is 13.0. The minimum Gasteiger partial charge on any atom is -0.482 e. The monoisotopic (exact) mass is 378 g/mol. The standard InChI is InChI=1S/C20H24ClFN2O2/c1-4-14-5-7-15(8-6-14)18(24(2)3)12-23-20(25)13-26-19-10-9-16(22)11-17(19)21/h5-11,18H,4,12-13H2,1-3H3,(H,23,25). The van der Waals surface area contributed by atoms with Gasteiger partial charge in [0, 0.05) is 6.54 Å². The Kier molecular flexibility index (Phi) is 7.42. The first-order chi connectivity index (χ1) is 12.4. The molecule has 2 aromatic carbocycles. The predicted octanol–water partition coefficient (Wildman–Crippen LogP) is 3.84. The second kappa shape index (κ2) is 9.55. The largest absolute Gasteiger partial charge is 0.482 e. The fourth-order valence-corrected chi connectivity index (χ4v) is 2.79. The highest BCUT2D eigenvalue weighted by Gasteiger charge is 2.16. The minimum atomic E-state index is -0.449. The van der Waals surface area contributed by atoms with Crippen molar-refractivity contribution in [3.8, 4) is 5.75 Å². The van der Waals surface area contributed by atoms with Crippen molar-refractivity contribution in [3.63, 3.8) is 0 Å². The number of aryl methyl sites for hydroxylation is 1. The van der Waals surface area contributed by atoms with Gasteiger partial charge in [-0.1, -0.05) is 42.8 Å². The van der Waals surface area contributed by atoms with Crippen molar-refractivity contribution in [2.45, 2.75) is 19.4 Å². The summed E-state index contributed by atoms with van der Waals surface area (Å²) in [7, 11) is 3.94. The van der Waals surface area contributed by atoms with Gasteiger partial charge in [0.05, 0.1) is 11.1 Å². The van der Waals surface area contributed by atoms with Crippen molar-refractivity contribution in [2.24, 2.45) is 0 Å². The zero-order chi connectivity index (χ0) is 19.1. The summed E-state index contributed by atoms with van der Waals surface area (Å²) in [6.45, 7) is 2.39. The van der Waals surface area contributed by atoms with E-state index >= 15 is 0 Å². The Morgan fingerprint density at radius 2 is 1.92 bits per heavy atom. The van der Waals surface area contributed by atoms with Gasteiger partial charge in [-0.25, -0.2) is 4.39 Å². The van der Waals surface area contributed by atoms with E-state index < -0.39 is 5.82 Å². The molecule has 1 N–H and O–H groups in total. The van der Waals surface area contributed by atoms with Crippen LogP contribution in [0.3, 0.4) is 0 Å². The molecule has 6 heteroatoms. The number of halogens is 2. The number of carbonyl (C=O) groups excluding carboxylic acids is 1. The molecule has 0 spiro atoms. The number of benzene rings is 2. The third-order valence-corrected chi connectivity index (χ3v) is 4.44. The molecule has 1 amide bonds. The lowest BCUT2D eigenvalue weighted by Gasteiger charge is -2.25. The molecule has 1 atom stereocenters. The van der Waals surface area contributed by atoms with Gasteiger partial charge in [0.1, 0.15) is 11.6 Å². The van der Waals surface area contributed by atoms with Crippen molar-refractivity contribution >= 4 is 17.5 Å². The molecular formula is C20H24ClFN2O2. The predicted molar refractivity (Wildman–Crippen MR) is 102 cm³/mol. The Bertz CT molecular complexity index is 735. The van der Waals surface area contributed by atoms with Gasteiger partial charge in [-0.15, -0.1) is 0 Å². The minimum absolute atomic E-state index is 0.0549. The summed E-state index contributed by atoms with van der Waals surface area (Å²) in [4.78, 5) is 14.1. The molecule has 26 heavy (non-hydrogen) atoms. The first kappa shape index (κ1) is 20.2. The van der Waals surface area contributed by atoms with Crippen LogP contribution in [0.1, 0.15) is 24.1 Å². The van der Waals surface area contributed by atoms with E-state index in [1.54, 1.807) is 0 Å². The molecule has 140 valence electrons. The molecule has 0 aliphatic rings. The highest BCUT2D eigenvalue weighted by Crippen LogP contribution is 2.24. The topological polar surface area (TPSA) is 41.6 Å². The second-order valence-corrected chi connectivity index (χ2v) is 6.65. The van der Waals surface area contributed by atoms with Gasteiger partial charge in [0.15, 0.2) is 6.61 Å². The van der Waals surface area contributed by atoms with Crippen molar-refractivity contribution in [3.05, 3.63) is 64.4 Å². The fraction of sp³-hybridized carbons (Fsp3) is 0.350.